The van der Waals surface area contributed by atoms with Gasteiger partial charge in [-0.3, -0.25) is 4.79 Å². The first-order chi connectivity index (χ1) is 17.8. The molecular formula is C30H47N2O5+. The molecule has 2 rings (SSSR count). The number of hydrogen-bond donors (Lipinski definition) is 2. The molecule has 0 aliphatic heterocycles. The first-order valence-corrected chi connectivity index (χ1v) is 13.4. The van der Waals surface area contributed by atoms with E-state index in [9.17, 15) is 9.59 Å². The van der Waals surface area contributed by atoms with E-state index in [1.54, 1.807) is 30.3 Å². The van der Waals surface area contributed by atoms with Gasteiger partial charge >= 0.3 is 5.97 Å². The predicted molar refractivity (Wildman–Crippen MR) is 150 cm³/mol. The fraction of sp³-hybridized carbons (Fsp3) is 0.533. The monoisotopic (exact) mass is 515 g/mol. The van der Waals surface area contributed by atoms with Gasteiger partial charge in [0.05, 0.1) is 52.0 Å². The molecule has 0 saturated heterocycles. The lowest BCUT2D eigenvalue weighted by molar-refractivity contribution is -0.870. The van der Waals surface area contributed by atoms with Gasteiger partial charge in [-0.15, -0.1) is 0 Å². The lowest BCUT2D eigenvalue weighted by atomic mass is 10.1. The van der Waals surface area contributed by atoms with Gasteiger partial charge in [0.15, 0.2) is 0 Å². The summed E-state index contributed by atoms with van der Waals surface area (Å²) in [6.45, 7) is 4.26. The van der Waals surface area contributed by atoms with Crippen molar-refractivity contribution in [1.29, 1.82) is 0 Å². The number of unbranched alkanes of at least 4 members (excludes halogenated alkanes) is 6. The second-order valence-electron chi connectivity index (χ2n) is 10.0. The third-order valence-corrected chi connectivity index (χ3v) is 5.72. The summed E-state index contributed by atoms with van der Waals surface area (Å²) in [4.78, 5) is 25.1. The van der Waals surface area contributed by atoms with Crippen LogP contribution in [0.25, 0.3) is 0 Å². The summed E-state index contributed by atoms with van der Waals surface area (Å²) in [5.41, 5.74) is 1.58. The molecule has 0 aliphatic carbocycles. The second kappa shape index (κ2) is 18.4. The van der Waals surface area contributed by atoms with Crippen molar-refractivity contribution >= 4 is 17.6 Å². The molecule has 37 heavy (non-hydrogen) atoms. The fourth-order valence-electron chi connectivity index (χ4n) is 3.67. The van der Waals surface area contributed by atoms with Crippen molar-refractivity contribution in [2.45, 2.75) is 58.3 Å². The largest absolute Gasteiger partial charge is 0.493 e. The second-order valence-corrected chi connectivity index (χ2v) is 10.0. The number of carbonyl (C=O) groups excluding carboxylic acids is 2. The van der Waals surface area contributed by atoms with E-state index in [1.807, 2.05) is 18.2 Å². The summed E-state index contributed by atoms with van der Waals surface area (Å²) in [5.74, 6) is 0.00158. The molecule has 0 unspecified atom stereocenters. The minimum atomic E-state index is -0.346. The standard InChI is InChI=1S/C29H42N2O4.CH4O/c1-5-6-7-8-9-13-22-34-27-16-11-10-15-26(27)28(32)30-25-19-17-24(18-20-25)29(33)35-23-14-12-21-31(2,3)4;1-2/h10-11,15-20H,5-9,12-14,21-23H2,1-4H3;2H,1H3/p+1. The molecule has 0 heterocycles. The van der Waals surface area contributed by atoms with Crippen molar-refractivity contribution in [3.63, 3.8) is 0 Å². The zero-order valence-electron chi connectivity index (χ0n) is 23.4. The van der Waals surface area contributed by atoms with E-state index in [4.69, 9.17) is 14.6 Å². The normalized spacial score (nSPS) is 10.8. The van der Waals surface area contributed by atoms with Gasteiger partial charge in [0.1, 0.15) is 5.75 Å². The average Bonchev–Trinajstić information content (AvgIpc) is 2.89. The molecule has 7 nitrogen and oxygen atoms in total. The van der Waals surface area contributed by atoms with E-state index < -0.39 is 0 Å². The number of esters is 1. The maximum atomic E-state index is 12.9. The molecule has 2 aromatic rings. The molecule has 2 aromatic carbocycles. The number of aliphatic hydroxyl groups is 1. The number of para-hydroxylation sites is 1. The average molecular weight is 516 g/mol. The lowest BCUT2D eigenvalue weighted by Crippen LogP contribution is -2.35. The van der Waals surface area contributed by atoms with Gasteiger partial charge in [0.25, 0.3) is 5.91 Å². The van der Waals surface area contributed by atoms with Crippen LogP contribution in [0.1, 0.15) is 79.0 Å². The van der Waals surface area contributed by atoms with Crippen LogP contribution in [0, 0.1) is 0 Å². The van der Waals surface area contributed by atoms with Crippen LogP contribution in [-0.2, 0) is 4.74 Å². The Morgan fingerprint density at radius 2 is 1.43 bits per heavy atom. The molecule has 0 spiro atoms. The Balaban J connectivity index is 0.00000334. The van der Waals surface area contributed by atoms with E-state index in [-0.39, 0.29) is 11.9 Å². The van der Waals surface area contributed by atoms with E-state index in [0.29, 0.717) is 35.8 Å². The number of benzene rings is 2. The van der Waals surface area contributed by atoms with Crippen LogP contribution >= 0.6 is 0 Å². The van der Waals surface area contributed by atoms with Crippen LogP contribution < -0.4 is 10.1 Å². The molecule has 1 amide bonds. The quantitative estimate of drug-likeness (QED) is 0.164. The third-order valence-electron chi connectivity index (χ3n) is 5.72. The number of carbonyl (C=O) groups is 2. The van der Waals surface area contributed by atoms with E-state index in [1.165, 1.54) is 25.7 Å². The molecule has 206 valence electrons. The van der Waals surface area contributed by atoms with Crippen molar-refractivity contribution in [1.82, 2.24) is 0 Å². The van der Waals surface area contributed by atoms with E-state index in [2.05, 4.69) is 33.4 Å². The molecule has 0 saturated carbocycles. The van der Waals surface area contributed by atoms with Crippen molar-refractivity contribution in [3.05, 3.63) is 59.7 Å². The zero-order valence-corrected chi connectivity index (χ0v) is 23.4. The molecule has 7 heteroatoms. The molecule has 0 aromatic heterocycles. The lowest BCUT2D eigenvalue weighted by Gasteiger charge is -2.23. The highest BCUT2D eigenvalue weighted by molar-refractivity contribution is 6.06. The highest BCUT2D eigenvalue weighted by atomic mass is 16.5. The number of amides is 1. The van der Waals surface area contributed by atoms with Gasteiger partial charge in [-0.05, 0) is 55.7 Å². The van der Waals surface area contributed by atoms with Crippen molar-refractivity contribution in [2.24, 2.45) is 0 Å². The SMILES string of the molecule is CCCCCCCCOc1ccccc1C(=O)Nc1ccc(C(=O)OCCCC[N+](C)(C)C)cc1.CO. The van der Waals surface area contributed by atoms with Crippen molar-refractivity contribution in [3.8, 4) is 5.75 Å². The van der Waals surface area contributed by atoms with Gasteiger partial charge in [0, 0.05) is 12.8 Å². The minimum Gasteiger partial charge on any atom is -0.493 e. The van der Waals surface area contributed by atoms with Crippen LogP contribution in [0.2, 0.25) is 0 Å². The Kier molecular flexibility index (Phi) is 15.9. The number of quaternary nitrogens is 1. The summed E-state index contributed by atoms with van der Waals surface area (Å²) >= 11 is 0. The topological polar surface area (TPSA) is 84.9 Å². The van der Waals surface area contributed by atoms with Gasteiger partial charge in [-0.25, -0.2) is 4.79 Å². The van der Waals surface area contributed by atoms with Crippen LogP contribution in [0.4, 0.5) is 5.69 Å². The number of ether oxygens (including phenoxy) is 2. The van der Waals surface area contributed by atoms with Gasteiger partial charge in [-0.1, -0.05) is 51.2 Å². The maximum absolute atomic E-state index is 12.9. The smallest absolute Gasteiger partial charge is 0.338 e. The van der Waals surface area contributed by atoms with Crippen LogP contribution in [0.5, 0.6) is 5.75 Å². The van der Waals surface area contributed by atoms with Crippen LogP contribution in [0.15, 0.2) is 48.5 Å². The maximum Gasteiger partial charge on any atom is 0.338 e. The minimum absolute atomic E-state index is 0.240. The Hall–Kier alpha value is -2.90. The number of nitrogens with zero attached hydrogens (tertiary/aromatic N) is 1. The van der Waals surface area contributed by atoms with Gasteiger partial charge in [-0.2, -0.15) is 0 Å². The molecule has 0 radical (unpaired) electrons. The Bertz CT molecular complexity index is 907. The number of hydrogen-bond acceptors (Lipinski definition) is 5. The van der Waals surface area contributed by atoms with E-state index >= 15 is 0 Å². The molecule has 0 atom stereocenters. The van der Waals surface area contributed by atoms with Crippen molar-refractivity contribution < 1.29 is 28.7 Å². The van der Waals surface area contributed by atoms with Crippen LogP contribution in [0.3, 0.4) is 0 Å². The molecule has 0 bridgehead atoms. The molecule has 0 fully saturated rings. The predicted octanol–water partition coefficient (Wildman–Crippen LogP) is 5.93. The summed E-state index contributed by atoms with van der Waals surface area (Å²) in [7, 11) is 7.44. The third kappa shape index (κ3) is 13.8. The number of nitrogens with one attached hydrogen (secondary N) is 1. The number of anilines is 1. The summed E-state index contributed by atoms with van der Waals surface area (Å²) in [5, 5.41) is 9.89. The fourth-order valence-corrected chi connectivity index (χ4v) is 3.67. The molecule has 0 aliphatic rings. The van der Waals surface area contributed by atoms with Crippen LogP contribution in [-0.4, -0.2) is 69.5 Å². The number of rotatable bonds is 16. The Labute approximate surface area is 223 Å². The molecule has 2 N–H and O–H groups in total. The van der Waals surface area contributed by atoms with E-state index in [0.717, 1.165) is 43.8 Å². The zero-order chi connectivity index (χ0) is 27.5. The number of aliphatic hydroxyl groups excluding tert-OH is 1. The van der Waals surface area contributed by atoms with Crippen molar-refractivity contribution in [2.75, 3.05) is 53.3 Å². The highest BCUT2D eigenvalue weighted by Gasteiger charge is 2.14. The highest BCUT2D eigenvalue weighted by Crippen LogP contribution is 2.21. The molecular weight excluding hydrogens is 468 g/mol. The summed E-state index contributed by atoms with van der Waals surface area (Å²) in [6.07, 6.45) is 8.97. The van der Waals surface area contributed by atoms with Gasteiger partial charge < -0.3 is 24.4 Å². The van der Waals surface area contributed by atoms with Gasteiger partial charge in [0.2, 0.25) is 0 Å². The first kappa shape index (κ1) is 32.1. The first-order valence-electron chi connectivity index (χ1n) is 13.4. The summed E-state index contributed by atoms with van der Waals surface area (Å²) < 4.78 is 12.2. The summed E-state index contributed by atoms with van der Waals surface area (Å²) in [6, 6.07) is 14.1. The Morgan fingerprint density at radius 1 is 0.811 bits per heavy atom. The Morgan fingerprint density at radius 3 is 2.11 bits per heavy atom.